The van der Waals surface area contributed by atoms with E-state index in [4.69, 9.17) is 16.3 Å². The number of H-pyrrole nitrogens is 1. The number of aromatic nitrogens is 4. The third kappa shape index (κ3) is 5.26. The monoisotopic (exact) mass is 448 g/mol. The third-order valence-electron chi connectivity index (χ3n) is 4.38. The van der Waals surface area contributed by atoms with Crippen molar-refractivity contribution in [2.24, 2.45) is 0 Å². The number of aryl methyl sites for hydroxylation is 1. The number of hydrogen-bond donors (Lipinski definition) is 2. The van der Waals surface area contributed by atoms with Crippen molar-refractivity contribution in [3.8, 4) is 0 Å². The van der Waals surface area contributed by atoms with Gasteiger partial charge in [0.25, 0.3) is 5.56 Å². The molecular formula is C20H22ClFN6O3. The van der Waals surface area contributed by atoms with Gasteiger partial charge in [0, 0.05) is 21.5 Å². The van der Waals surface area contributed by atoms with Gasteiger partial charge in [-0.1, -0.05) is 11.6 Å². The van der Waals surface area contributed by atoms with Crippen molar-refractivity contribution < 1.29 is 13.9 Å². The van der Waals surface area contributed by atoms with E-state index in [2.05, 4.69) is 25.3 Å². The Labute approximate surface area is 182 Å². The Balaban J connectivity index is 0.000000858. The maximum atomic E-state index is 12.5. The Morgan fingerprint density at radius 1 is 1.29 bits per heavy atom. The Kier molecular flexibility index (Phi) is 7.01. The number of ether oxygens (including phenoxy) is 1. The van der Waals surface area contributed by atoms with Crippen molar-refractivity contribution in [3.05, 3.63) is 51.0 Å². The van der Waals surface area contributed by atoms with Crippen LogP contribution in [0.3, 0.4) is 0 Å². The van der Waals surface area contributed by atoms with Crippen LogP contribution in [0.1, 0.15) is 31.3 Å². The second-order valence-corrected chi connectivity index (χ2v) is 7.13. The summed E-state index contributed by atoms with van der Waals surface area (Å²) in [5.74, 6) is 0.919. The lowest BCUT2D eigenvalue weighted by Crippen LogP contribution is -2.27. The number of fused-ring (bicyclic) bond motifs is 1. The van der Waals surface area contributed by atoms with Gasteiger partial charge in [-0.2, -0.15) is 15.0 Å². The summed E-state index contributed by atoms with van der Waals surface area (Å²) in [5.41, 5.74) is 0.995. The van der Waals surface area contributed by atoms with Gasteiger partial charge < -0.3 is 15.0 Å². The Bertz CT molecular complexity index is 1160. The first kappa shape index (κ1) is 22.4. The number of carbonyl (C=O) groups excluding carboxylic acids is 1. The minimum atomic E-state index is -0.493. The summed E-state index contributed by atoms with van der Waals surface area (Å²) in [6.45, 7) is 5.40. The molecule has 1 aromatic carbocycles. The number of alkyl halides is 1. The lowest BCUT2D eigenvalue weighted by molar-refractivity contribution is 0.181. The van der Waals surface area contributed by atoms with Crippen molar-refractivity contribution >= 4 is 40.5 Å². The SMILES string of the molecule is CCF.Cc1nc(NC(C)c2cc3cc(Cl)ccc3[nH]c2=O)nc(N2CCOC2=O)n1. The molecule has 0 bridgehead atoms. The minimum Gasteiger partial charge on any atom is -0.447 e. The highest BCUT2D eigenvalue weighted by atomic mass is 35.5. The second-order valence-electron chi connectivity index (χ2n) is 6.69. The van der Waals surface area contributed by atoms with Crippen LogP contribution in [-0.2, 0) is 4.74 Å². The van der Waals surface area contributed by atoms with Crippen LogP contribution in [0.15, 0.2) is 29.1 Å². The first-order valence-corrected chi connectivity index (χ1v) is 10.0. The number of nitrogens with one attached hydrogen (secondary N) is 2. The Morgan fingerprint density at radius 2 is 2.03 bits per heavy atom. The zero-order chi connectivity index (χ0) is 22.5. The zero-order valence-corrected chi connectivity index (χ0v) is 18.0. The Morgan fingerprint density at radius 3 is 2.71 bits per heavy atom. The van der Waals surface area contributed by atoms with Crippen LogP contribution in [0.5, 0.6) is 0 Å². The molecule has 0 radical (unpaired) electrons. The lowest BCUT2D eigenvalue weighted by atomic mass is 10.1. The summed E-state index contributed by atoms with van der Waals surface area (Å²) in [5, 5.41) is 4.51. The first-order valence-electron chi connectivity index (χ1n) is 9.64. The van der Waals surface area contributed by atoms with E-state index in [1.165, 1.54) is 11.8 Å². The van der Waals surface area contributed by atoms with E-state index in [1.54, 1.807) is 31.2 Å². The van der Waals surface area contributed by atoms with Crippen LogP contribution in [0.2, 0.25) is 5.02 Å². The largest absolute Gasteiger partial charge is 0.447 e. The maximum absolute atomic E-state index is 12.5. The molecule has 11 heteroatoms. The molecular weight excluding hydrogens is 427 g/mol. The average Bonchev–Trinajstić information content (AvgIpc) is 3.14. The quantitative estimate of drug-likeness (QED) is 0.624. The van der Waals surface area contributed by atoms with E-state index in [9.17, 15) is 14.0 Å². The van der Waals surface area contributed by atoms with Gasteiger partial charge in [0.2, 0.25) is 11.9 Å². The molecule has 0 aliphatic carbocycles. The van der Waals surface area contributed by atoms with Gasteiger partial charge in [-0.05, 0) is 45.0 Å². The van der Waals surface area contributed by atoms with E-state index in [1.807, 2.05) is 6.92 Å². The van der Waals surface area contributed by atoms with E-state index >= 15 is 0 Å². The number of amides is 1. The van der Waals surface area contributed by atoms with Crippen molar-refractivity contribution in [2.75, 3.05) is 30.0 Å². The summed E-state index contributed by atoms with van der Waals surface area (Å²) in [7, 11) is 0. The molecule has 1 amide bonds. The van der Waals surface area contributed by atoms with Gasteiger partial charge in [-0.15, -0.1) is 0 Å². The van der Waals surface area contributed by atoms with Gasteiger partial charge in [0.15, 0.2) is 0 Å². The molecule has 0 saturated carbocycles. The molecule has 31 heavy (non-hydrogen) atoms. The average molecular weight is 449 g/mol. The number of nitrogens with zero attached hydrogens (tertiary/aromatic N) is 4. The number of cyclic esters (lactones) is 1. The van der Waals surface area contributed by atoms with Crippen molar-refractivity contribution in [1.82, 2.24) is 19.9 Å². The predicted octanol–water partition coefficient (Wildman–Crippen LogP) is 3.78. The predicted molar refractivity (Wildman–Crippen MR) is 117 cm³/mol. The highest BCUT2D eigenvalue weighted by Gasteiger charge is 2.27. The van der Waals surface area contributed by atoms with Crippen LogP contribution in [0.25, 0.3) is 10.9 Å². The molecule has 3 heterocycles. The molecule has 1 fully saturated rings. The van der Waals surface area contributed by atoms with Crippen LogP contribution < -0.4 is 15.8 Å². The van der Waals surface area contributed by atoms with Gasteiger partial charge in [0.1, 0.15) is 12.4 Å². The fourth-order valence-electron chi connectivity index (χ4n) is 3.02. The topological polar surface area (TPSA) is 113 Å². The van der Waals surface area contributed by atoms with Crippen LogP contribution >= 0.6 is 11.6 Å². The van der Waals surface area contributed by atoms with Gasteiger partial charge in [-0.25, -0.2) is 9.69 Å². The lowest BCUT2D eigenvalue weighted by Gasteiger charge is -2.16. The number of anilines is 2. The maximum Gasteiger partial charge on any atom is 0.416 e. The molecule has 1 unspecified atom stereocenters. The summed E-state index contributed by atoms with van der Waals surface area (Å²) >= 11 is 6.05. The van der Waals surface area contributed by atoms with Crippen molar-refractivity contribution in [1.29, 1.82) is 0 Å². The second kappa shape index (κ2) is 9.69. The summed E-state index contributed by atoms with van der Waals surface area (Å²) in [4.78, 5) is 41.2. The van der Waals surface area contributed by atoms with Crippen LogP contribution in [-0.4, -0.2) is 45.9 Å². The van der Waals surface area contributed by atoms with Gasteiger partial charge >= 0.3 is 6.09 Å². The number of pyridine rings is 1. The number of benzene rings is 1. The highest BCUT2D eigenvalue weighted by Crippen LogP contribution is 2.22. The van der Waals surface area contributed by atoms with Crippen LogP contribution in [0.4, 0.5) is 21.1 Å². The van der Waals surface area contributed by atoms with Gasteiger partial charge in [0.05, 0.1) is 19.3 Å². The molecule has 1 aliphatic rings. The number of aromatic amines is 1. The van der Waals surface area contributed by atoms with Crippen LogP contribution in [0, 0.1) is 6.92 Å². The summed E-state index contributed by atoms with van der Waals surface area (Å²) in [6, 6.07) is 6.65. The summed E-state index contributed by atoms with van der Waals surface area (Å²) in [6.07, 6.45) is -0.493. The molecule has 1 saturated heterocycles. The Hall–Kier alpha value is -3.27. The smallest absolute Gasteiger partial charge is 0.416 e. The first-order chi connectivity index (χ1) is 14.8. The molecule has 4 rings (SSSR count). The van der Waals surface area contributed by atoms with E-state index in [-0.39, 0.29) is 30.7 Å². The van der Waals surface area contributed by atoms with E-state index in [0.717, 1.165) is 5.39 Å². The molecule has 164 valence electrons. The van der Waals surface area contributed by atoms with E-state index < -0.39 is 12.1 Å². The molecule has 3 aromatic rings. The highest BCUT2D eigenvalue weighted by molar-refractivity contribution is 6.31. The number of rotatable bonds is 4. The molecule has 1 aliphatic heterocycles. The molecule has 2 N–H and O–H groups in total. The number of hydrogen-bond acceptors (Lipinski definition) is 7. The molecule has 1 atom stereocenters. The van der Waals surface area contributed by atoms with Gasteiger partial charge in [-0.3, -0.25) is 9.18 Å². The normalized spacial score (nSPS) is 14.1. The number of halogens is 2. The fourth-order valence-corrected chi connectivity index (χ4v) is 3.20. The minimum absolute atomic E-state index is 0.212. The number of carbonyl (C=O) groups is 1. The third-order valence-corrected chi connectivity index (χ3v) is 4.62. The standard InChI is InChI=1S/C18H17ClN6O3.C2H5F/c1-9(13-8-11-7-12(19)3-4-14(11)23-15(13)26)20-16-21-10(2)22-17(24-16)25-5-6-28-18(25)27;1-2-3/h3-4,7-9H,5-6H2,1-2H3,(H,23,26)(H,20,21,22,24);2H2,1H3. The van der Waals surface area contributed by atoms with Crippen molar-refractivity contribution in [2.45, 2.75) is 26.8 Å². The fraction of sp³-hybridized carbons (Fsp3) is 0.350. The molecule has 0 spiro atoms. The summed E-state index contributed by atoms with van der Waals surface area (Å²) < 4.78 is 15.2. The van der Waals surface area contributed by atoms with Crippen molar-refractivity contribution in [3.63, 3.8) is 0 Å². The molecule has 2 aromatic heterocycles. The van der Waals surface area contributed by atoms with E-state index in [0.29, 0.717) is 28.5 Å². The molecule has 9 nitrogen and oxygen atoms in total. The zero-order valence-electron chi connectivity index (χ0n) is 17.3.